The first kappa shape index (κ1) is 14.7. The second-order valence-corrected chi connectivity index (χ2v) is 8.03. The van der Waals surface area contributed by atoms with Crippen LogP contribution in [0.2, 0.25) is 0 Å². The van der Waals surface area contributed by atoms with Crippen molar-refractivity contribution in [1.29, 1.82) is 0 Å². The van der Waals surface area contributed by atoms with Gasteiger partial charge in [-0.2, -0.15) is 0 Å². The Kier molecular flexibility index (Phi) is 3.39. The summed E-state index contributed by atoms with van der Waals surface area (Å²) < 4.78 is 12.3. The van der Waals surface area contributed by atoms with Crippen LogP contribution in [0.5, 0.6) is 0 Å². The van der Waals surface area contributed by atoms with E-state index in [4.69, 9.17) is 9.47 Å². The zero-order chi connectivity index (χ0) is 15.4. The smallest absolute Gasteiger partial charge is 0.175 e. The van der Waals surface area contributed by atoms with Crippen molar-refractivity contribution >= 4 is 0 Å². The van der Waals surface area contributed by atoms with Crippen LogP contribution in [-0.4, -0.2) is 19.0 Å². The highest BCUT2D eigenvalue weighted by molar-refractivity contribution is 5.58. The van der Waals surface area contributed by atoms with Gasteiger partial charge in [0.2, 0.25) is 0 Å². The SMILES string of the molecule is CC1=C2C(=C3CCCCC3=CC2(C)C)CC2(C1)OCCCO2. The van der Waals surface area contributed by atoms with E-state index in [1.807, 2.05) is 0 Å². The van der Waals surface area contributed by atoms with Gasteiger partial charge in [0.1, 0.15) is 0 Å². The van der Waals surface area contributed by atoms with Crippen LogP contribution in [0.4, 0.5) is 0 Å². The molecule has 120 valence electrons. The first-order valence-electron chi connectivity index (χ1n) is 8.93. The van der Waals surface area contributed by atoms with Crippen LogP contribution < -0.4 is 0 Å². The zero-order valence-corrected chi connectivity index (χ0v) is 14.3. The van der Waals surface area contributed by atoms with E-state index in [-0.39, 0.29) is 11.2 Å². The van der Waals surface area contributed by atoms with Gasteiger partial charge in [-0.25, -0.2) is 0 Å². The molecule has 0 bridgehead atoms. The maximum atomic E-state index is 6.16. The number of allylic oxidation sites excluding steroid dienone is 4. The lowest BCUT2D eigenvalue weighted by molar-refractivity contribution is -0.266. The van der Waals surface area contributed by atoms with Crippen molar-refractivity contribution in [2.45, 2.75) is 71.5 Å². The minimum absolute atomic E-state index is 0.159. The summed E-state index contributed by atoms with van der Waals surface area (Å²) in [5.41, 5.74) is 8.00. The van der Waals surface area contributed by atoms with Gasteiger partial charge >= 0.3 is 0 Å². The molecule has 0 aromatic heterocycles. The van der Waals surface area contributed by atoms with Gasteiger partial charge in [-0.3, -0.25) is 0 Å². The molecule has 2 nitrogen and oxygen atoms in total. The number of ether oxygens (including phenoxy) is 2. The molecule has 1 saturated heterocycles. The van der Waals surface area contributed by atoms with Gasteiger partial charge in [-0.15, -0.1) is 0 Å². The Balaban J connectivity index is 1.84. The van der Waals surface area contributed by atoms with Crippen molar-refractivity contribution in [3.63, 3.8) is 0 Å². The molecule has 0 radical (unpaired) electrons. The van der Waals surface area contributed by atoms with Crippen molar-refractivity contribution in [3.8, 4) is 0 Å². The first-order valence-corrected chi connectivity index (χ1v) is 8.93. The molecule has 4 aliphatic rings. The Morgan fingerprint density at radius 1 is 0.909 bits per heavy atom. The lowest BCUT2D eigenvalue weighted by Crippen LogP contribution is -2.45. The second-order valence-electron chi connectivity index (χ2n) is 8.03. The molecule has 2 fully saturated rings. The number of hydrogen-bond donors (Lipinski definition) is 0. The van der Waals surface area contributed by atoms with Gasteiger partial charge in [0.15, 0.2) is 5.79 Å². The lowest BCUT2D eigenvalue weighted by atomic mass is 9.63. The van der Waals surface area contributed by atoms with Crippen LogP contribution in [0, 0.1) is 5.41 Å². The van der Waals surface area contributed by atoms with Crippen LogP contribution in [0.25, 0.3) is 0 Å². The Morgan fingerprint density at radius 2 is 1.64 bits per heavy atom. The zero-order valence-electron chi connectivity index (χ0n) is 14.3. The molecule has 0 aromatic carbocycles. The second kappa shape index (κ2) is 5.07. The Bertz CT molecular complexity index is 583. The monoisotopic (exact) mass is 300 g/mol. The molecule has 22 heavy (non-hydrogen) atoms. The van der Waals surface area contributed by atoms with Crippen LogP contribution in [0.15, 0.2) is 33.9 Å². The maximum absolute atomic E-state index is 6.16. The molecule has 1 spiro atoms. The Morgan fingerprint density at radius 3 is 2.41 bits per heavy atom. The van der Waals surface area contributed by atoms with Gasteiger partial charge in [0, 0.05) is 18.3 Å². The average molecular weight is 300 g/mol. The molecule has 0 atom stereocenters. The fourth-order valence-electron chi connectivity index (χ4n) is 5.13. The number of hydrogen-bond acceptors (Lipinski definition) is 2. The molecule has 4 rings (SSSR count). The van der Waals surface area contributed by atoms with E-state index < -0.39 is 0 Å². The first-order chi connectivity index (χ1) is 10.5. The lowest BCUT2D eigenvalue weighted by Gasteiger charge is -2.47. The van der Waals surface area contributed by atoms with Gasteiger partial charge < -0.3 is 9.47 Å². The third kappa shape index (κ3) is 2.23. The molecule has 0 amide bonds. The molecule has 0 N–H and O–H groups in total. The summed E-state index contributed by atoms with van der Waals surface area (Å²) in [6.45, 7) is 8.74. The Labute approximate surface area is 134 Å². The van der Waals surface area contributed by atoms with E-state index in [2.05, 4.69) is 26.8 Å². The predicted molar refractivity (Wildman–Crippen MR) is 88.5 cm³/mol. The molecule has 1 aliphatic heterocycles. The summed E-state index contributed by atoms with van der Waals surface area (Å²) in [6, 6.07) is 0. The fraction of sp³-hybridized carbons (Fsp3) is 0.700. The number of rotatable bonds is 0. The van der Waals surface area contributed by atoms with Crippen molar-refractivity contribution in [2.24, 2.45) is 5.41 Å². The van der Waals surface area contributed by atoms with E-state index >= 15 is 0 Å². The minimum atomic E-state index is -0.371. The topological polar surface area (TPSA) is 18.5 Å². The minimum Gasteiger partial charge on any atom is -0.349 e. The highest BCUT2D eigenvalue weighted by Crippen LogP contribution is 2.54. The van der Waals surface area contributed by atoms with E-state index in [1.165, 1.54) is 31.3 Å². The van der Waals surface area contributed by atoms with Gasteiger partial charge in [-0.05, 0) is 61.3 Å². The van der Waals surface area contributed by atoms with Gasteiger partial charge in [0.25, 0.3) is 0 Å². The molecule has 0 unspecified atom stereocenters. The average Bonchev–Trinajstić information content (AvgIpc) is 2.46. The van der Waals surface area contributed by atoms with E-state index in [0.717, 1.165) is 32.5 Å². The number of fused-ring (bicyclic) bond motifs is 2. The van der Waals surface area contributed by atoms with E-state index in [9.17, 15) is 0 Å². The summed E-state index contributed by atoms with van der Waals surface area (Å²) in [6.07, 6.45) is 10.6. The van der Waals surface area contributed by atoms with Crippen LogP contribution in [0.1, 0.15) is 65.7 Å². The predicted octanol–water partition coefficient (Wildman–Crippen LogP) is 5.07. The van der Waals surface area contributed by atoms with Crippen molar-refractivity contribution < 1.29 is 9.47 Å². The molecular weight excluding hydrogens is 272 g/mol. The summed E-state index contributed by atoms with van der Waals surface area (Å²) in [5, 5.41) is 0. The van der Waals surface area contributed by atoms with E-state index in [1.54, 1.807) is 22.3 Å². The molecule has 1 heterocycles. The summed E-state index contributed by atoms with van der Waals surface area (Å²) in [4.78, 5) is 0. The van der Waals surface area contributed by atoms with Crippen molar-refractivity contribution in [1.82, 2.24) is 0 Å². The molecular formula is C20H28O2. The summed E-state index contributed by atoms with van der Waals surface area (Å²) >= 11 is 0. The van der Waals surface area contributed by atoms with Gasteiger partial charge in [-0.1, -0.05) is 25.5 Å². The van der Waals surface area contributed by atoms with Crippen LogP contribution in [0.3, 0.4) is 0 Å². The van der Waals surface area contributed by atoms with Crippen LogP contribution in [-0.2, 0) is 9.47 Å². The summed E-state index contributed by atoms with van der Waals surface area (Å²) in [5.74, 6) is -0.371. The highest BCUT2D eigenvalue weighted by atomic mass is 16.7. The molecule has 2 heteroatoms. The van der Waals surface area contributed by atoms with Crippen molar-refractivity contribution in [2.75, 3.05) is 13.2 Å². The highest BCUT2D eigenvalue weighted by Gasteiger charge is 2.45. The molecule has 3 aliphatic carbocycles. The summed E-state index contributed by atoms with van der Waals surface area (Å²) in [7, 11) is 0. The standard InChI is InChI=1S/C20H28O2/c1-14-11-20(21-9-6-10-22-20)13-17-16-8-5-4-7-15(16)12-19(2,3)18(14)17/h12H,4-11,13H2,1-3H3. The molecule has 0 aromatic rings. The van der Waals surface area contributed by atoms with E-state index in [0.29, 0.717) is 0 Å². The molecule has 1 saturated carbocycles. The quantitative estimate of drug-likeness (QED) is 0.622. The van der Waals surface area contributed by atoms with Crippen molar-refractivity contribution in [3.05, 3.63) is 33.9 Å². The third-order valence-corrected chi connectivity index (χ3v) is 5.78. The van der Waals surface area contributed by atoms with Gasteiger partial charge in [0.05, 0.1) is 13.2 Å². The third-order valence-electron chi connectivity index (χ3n) is 5.78. The maximum Gasteiger partial charge on any atom is 0.175 e. The Hall–Kier alpha value is -0.860. The normalized spacial score (nSPS) is 30.0. The largest absolute Gasteiger partial charge is 0.349 e. The van der Waals surface area contributed by atoms with Crippen LogP contribution >= 0.6 is 0 Å². The fourth-order valence-corrected chi connectivity index (χ4v) is 5.13.